The molecule has 68 valence electrons. The molecule has 5 nitrogen and oxygen atoms in total. The number of ether oxygens (including phenoxy) is 1. The molecule has 0 radical (unpaired) electrons. The fourth-order valence-electron chi connectivity index (χ4n) is 1.02. The maximum Gasteiger partial charge on any atom is 0.374 e. The van der Waals surface area contributed by atoms with Gasteiger partial charge in [0.05, 0.1) is 6.61 Å². The average Bonchev–Trinajstić information content (AvgIpc) is 2.32. The summed E-state index contributed by atoms with van der Waals surface area (Å²) in [4.78, 5) is 10.7. The van der Waals surface area contributed by atoms with Gasteiger partial charge in [0.2, 0.25) is 5.76 Å². The summed E-state index contributed by atoms with van der Waals surface area (Å²) in [5.41, 5.74) is 0.251. The van der Waals surface area contributed by atoms with Gasteiger partial charge >= 0.3 is 5.97 Å². The summed E-state index contributed by atoms with van der Waals surface area (Å²) < 4.78 is 4.57. The normalized spacial score (nSPS) is 25.9. The highest BCUT2D eigenvalue weighted by Crippen LogP contribution is 2.22. The third-order valence-electron chi connectivity index (χ3n) is 1.76. The lowest BCUT2D eigenvalue weighted by molar-refractivity contribution is -0.147. The Morgan fingerprint density at radius 3 is 2.58 bits per heavy atom. The molecule has 0 aromatic heterocycles. The Morgan fingerprint density at radius 2 is 2.25 bits per heavy atom. The van der Waals surface area contributed by atoms with Gasteiger partial charge in [0.25, 0.3) is 0 Å². The molecule has 0 fully saturated rings. The Labute approximate surface area is 68.9 Å². The van der Waals surface area contributed by atoms with E-state index in [0.29, 0.717) is 0 Å². The molecule has 1 rings (SSSR count). The zero-order chi connectivity index (χ0) is 9.30. The van der Waals surface area contributed by atoms with E-state index in [-0.39, 0.29) is 5.57 Å². The van der Waals surface area contributed by atoms with Crippen LogP contribution in [-0.2, 0) is 9.53 Å². The molecule has 0 unspecified atom stereocenters. The third kappa shape index (κ3) is 1.28. The van der Waals surface area contributed by atoms with Gasteiger partial charge < -0.3 is 20.1 Å². The minimum absolute atomic E-state index is 0.251. The first-order valence-electron chi connectivity index (χ1n) is 3.47. The molecule has 5 heteroatoms. The zero-order valence-corrected chi connectivity index (χ0v) is 6.52. The van der Waals surface area contributed by atoms with E-state index in [0.717, 1.165) is 0 Å². The van der Waals surface area contributed by atoms with E-state index in [1.807, 2.05) is 0 Å². The number of rotatable bonds is 2. The minimum atomic E-state index is -1.17. The predicted molar refractivity (Wildman–Crippen MR) is 38.3 cm³/mol. The summed E-state index contributed by atoms with van der Waals surface area (Å²) in [6.07, 6.45) is -2.08. The molecule has 2 atom stereocenters. The van der Waals surface area contributed by atoms with Crippen molar-refractivity contribution in [3.8, 4) is 0 Å². The SMILES string of the molecule is CC1=C(O)C(=O)O[C@@H]1[C@@H](O)CO. The van der Waals surface area contributed by atoms with Crippen molar-refractivity contribution in [3.63, 3.8) is 0 Å². The summed E-state index contributed by atoms with van der Waals surface area (Å²) >= 11 is 0. The molecule has 0 aliphatic carbocycles. The van der Waals surface area contributed by atoms with Gasteiger partial charge in [-0.3, -0.25) is 0 Å². The number of hydrogen-bond acceptors (Lipinski definition) is 5. The molecular weight excluding hydrogens is 164 g/mol. The van der Waals surface area contributed by atoms with Crippen LogP contribution in [0.3, 0.4) is 0 Å². The van der Waals surface area contributed by atoms with Crippen LogP contribution in [-0.4, -0.2) is 40.1 Å². The summed E-state index contributed by atoms with van der Waals surface area (Å²) in [7, 11) is 0. The van der Waals surface area contributed by atoms with E-state index in [2.05, 4.69) is 4.74 Å². The molecule has 3 N–H and O–H groups in total. The molecule has 1 aliphatic heterocycles. The molecule has 0 amide bonds. The first kappa shape index (κ1) is 9.02. The fraction of sp³-hybridized carbons (Fsp3) is 0.571. The van der Waals surface area contributed by atoms with Crippen LogP contribution in [0.4, 0.5) is 0 Å². The molecule has 0 spiro atoms. The van der Waals surface area contributed by atoms with Crippen LogP contribution >= 0.6 is 0 Å². The van der Waals surface area contributed by atoms with Gasteiger partial charge in [-0.1, -0.05) is 0 Å². The molecular formula is C7H10O5. The minimum Gasteiger partial charge on any atom is -0.502 e. The summed E-state index contributed by atoms with van der Waals surface area (Å²) in [5, 5.41) is 26.6. The highest BCUT2D eigenvalue weighted by Gasteiger charge is 2.35. The number of cyclic esters (lactones) is 1. The number of esters is 1. The molecule has 0 saturated carbocycles. The van der Waals surface area contributed by atoms with E-state index in [1.54, 1.807) is 0 Å². The van der Waals surface area contributed by atoms with Gasteiger partial charge in [-0.15, -0.1) is 0 Å². The highest BCUT2D eigenvalue weighted by molar-refractivity contribution is 5.89. The summed E-state index contributed by atoms with van der Waals surface area (Å²) in [6, 6.07) is 0. The predicted octanol–water partition coefficient (Wildman–Crippen LogP) is -0.903. The van der Waals surface area contributed by atoms with Crippen molar-refractivity contribution >= 4 is 5.97 Å². The lowest BCUT2D eigenvalue weighted by Crippen LogP contribution is -2.30. The molecule has 1 heterocycles. The lowest BCUT2D eigenvalue weighted by atomic mass is 10.1. The van der Waals surface area contributed by atoms with Crippen molar-refractivity contribution in [2.24, 2.45) is 0 Å². The van der Waals surface area contributed by atoms with E-state index >= 15 is 0 Å². The van der Waals surface area contributed by atoms with Crippen LogP contribution in [0.1, 0.15) is 6.92 Å². The van der Waals surface area contributed by atoms with Gasteiger partial charge in [0.1, 0.15) is 6.10 Å². The number of carbonyl (C=O) groups is 1. The first-order chi connectivity index (χ1) is 5.57. The van der Waals surface area contributed by atoms with Crippen LogP contribution in [0.15, 0.2) is 11.3 Å². The highest BCUT2D eigenvalue weighted by atomic mass is 16.6. The van der Waals surface area contributed by atoms with Crippen molar-refractivity contribution in [3.05, 3.63) is 11.3 Å². The van der Waals surface area contributed by atoms with E-state index in [9.17, 15) is 4.79 Å². The Balaban J connectivity index is 2.80. The van der Waals surface area contributed by atoms with E-state index < -0.39 is 30.5 Å². The Bertz CT molecular complexity index is 232. The maximum atomic E-state index is 10.7. The number of hydrogen-bond donors (Lipinski definition) is 3. The van der Waals surface area contributed by atoms with E-state index in [4.69, 9.17) is 15.3 Å². The van der Waals surface area contributed by atoms with Crippen LogP contribution in [0.25, 0.3) is 0 Å². The zero-order valence-electron chi connectivity index (χ0n) is 6.52. The third-order valence-corrected chi connectivity index (χ3v) is 1.76. The second-order valence-electron chi connectivity index (χ2n) is 2.61. The Hall–Kier alpha value is -1.07. The molecule has 0 bridgehead atoms. The van der Waals surface area contributed by atoms with Gasteiger partial charge in [-0.2, -0.15) is 0 Å². The second kappa shape index (κ2) is 3.12. The van der Waals surface area contributed by atoms with Crippen LogP contribution in [0, 0.1) is 0 Å². The lowest BCUT2D eigenvalue weighted by Gasteiger charge is -2.15. The molecule has 1 aliphatic rings. The molecule has 0 aromatic rings. The molecule has 0 saturated heterocycles. The summed E-state index contributed by atoms with van der Waals surface area (Å²) in [5.74, 6) is -1.34. The van der Waals surface area contributed by atoms with Gasteiger partial charge in [0.15, 0.2) is 6.10 Å². The van der Waals surface area contributed by atoms with Gasteiger partial charge in [-0.25, -0.2) is 4.79 Å². The average molecular weight is 174 g/mol. The van der Waals surface area contributed by atoms with Crippen LogP contribution < -0.4 is 0 Å². The van der Waals surface area contributed by atoms with Crippen LogP contribution in [0.2, 0.25) is 0 Å². The number of aliphatic hydroxyl groups excluding tert-OH is 3. The number of carbonyl (C=O) groups excluding carboxylic acids is 1. The van der Waals surface area contributed by atoms with Gasteiger partial charge in [-0.05, 0) is 6.92 Å². The monoisotopic (exact) mass is 174 g/mol. The van der Waals surface area contributed by atoms with Crippen molar-refractivity contribution in [2.75, 3.05) is 6.61 Å². The van der Waals surface area contributed by atoms with Crippen LogP contribution in [0.5, 0.6) is 0 Å². The van der Waals surface area contributed by atoms with Crippen molar-refractivity contribution in [1.82, 2.24) is 0 Å². The summed E-state index contributed by atoms with van der Waals surface area (Å²) in [6.45, 7) is 0.951. The maximum absolute atomic E-state index is 10.7. The fourth-order valence-corrected chi connectivity index (χ4v) is 1.02. The van der Waals surface area contributed by atoms with E-state index in [1.165, 1.54) is 6.92 Å². The van der Waals surface area contributed by atoms with Crippen molar-refractivity contribution in [1.29, 1.82) is 0 Å². The largest absolute Gasteiger partial charge is 0.502 e. The Morgan fingerprint density at radius 1 is 1.67 bits per heavy atom. The van der Waals surface area contributed by atoms with Crippen molar-refractivity contribution in [2.45, 2.75) is 19.1 Å². The van der Waals surface area contributed by atoms with Gasteiger partial charge in [0, 0.05) is 5.57 Å². The van der Waals surface area contributed by atoms with Crippen molar-refractivity contribution < 1.29 is 24.9 Å². The quantitative estimate of drug-likeness (QED) is 0.472. The Kier molecular flexibility index (Phi) is 2.35. The smallest absolute Gasteiger partial charge is 0.374 e. The molecule has 0 aromatic carbocycles. The topological polar surface area (TPSA) is 87.0 Å². The second-order valence-corrected chi connectivity index (χ2v) is 2.61. The molecule has 12 heavy (non-hydrogen) atoms. The first-order valence-corrected chi connectivity index (χ1v) is 3.47. The standard InChI is InChI=1S/C7H10O5/c1-3-5(10)7(11)12-6(3)4(9)2-8/h4,6,8-10H,2H2,1H3/t4-,6-/m0/s1. The number of aliphatic hydroxyl groups is 3.